The third-order valence-corrected chi connectivity index (χ3v) is 4.84. The number of hydrogen-bond donors (Lipinski definition) is 0. The lowest BCUT2D eigenvalue weighted by Gasteiger charge is -2.16. The molecule has 1 aliphatic rings. The molecule has 0 N–H and O–H groups in total. The molecule has 0 amide bonds. The van der Waals surface area contributed by atoms with Gasteiger partial charge < -0.3 is 0 Å². The smallest absolute Gasteiger partial charge is 0.0930 e. The normalized spacial score (nSPS) is 23.6. The minimum atomic E-state index is 0.340. The lowest BCUT2D eigenvalue weighted by Crippen LogP contribution is -2.14. The first-order chi connectivity index (χ1) is 10.9. The first-order valence-electron chi connectivity index (χ1n) is 10.2. The van der Waals surface area contributed by atoms with E-state index in [9.17, 15) is 0 Å². The van der Waals surface area contributed by atoms with Crippen LogP contribution >= 0.6 is 0 Å². The topological polar surface area (TPSA) is 18.5 Å². The summed E-state index contributed by atoms with van der Waals surface area (Å²) in [5.74, 6) is 0. The van der Waals surface area contributed by atoms with Crippen LogP contribution < -0.4 is 0 Å². The van der Waals surface area contributed by atoms with E-state index in [4.69, 9.17) is 9.78 Å². The van der Waals surface area contributed by atoms with E-state index in [2.05, 4.69) is 6.92 Å². The molecule has 0 aromatic carbocycles. The van der Waals surface area contributed by atoms with E-state index in [1.165, 1.54) is 103 Å². The van der Waals surface area contributed by atoms with Gasteiger partial charge in [0.1, 0.15) is 0 Å². The highest BCUT2D eigenvalue weighted by atomic mass is 17.2. The van der Waals surface area contributed by atoms with Crippen LogP contribution in [0.4, 0.5) is 0 Å². The van der Waals surface area contributed by atoms with E-state index < -0.39 is 0 Å². The van der Waals surface area contributed by atoms with E-state index in [-0.39, 0.29) is 0 Å². The zero-order chi connectivity index (χ0) is 15.7. The van der Waals surface area contributed by atoms with E-state index >= 15 is 0 Å². The number of rotatable bonds is 6. The molecule has 1 unspecified atom stereocenters. The van der Waals surface area contributed by atoms with Crippen molar-refractivity contribution in [2.24, 2.45) is 0 Å². The molecule has 1 heterocycles. The Morgan fingerprint density at radius 2 is 1.27 bits per heavy atom. The summed E-state index contributed by atoms with van der Waals surface area (Å²) in [6.07, 6.45) is 23.0. The van der Waals surface area contributed by atoms with Gasteiger partial charge in [0.15, 0.2) is 0 Å². The Kier molecular flexibility index (Phi) is 14.3. The molecule has 0 aliphatic carbocycles. The Morgan fingerprint density at radius 3 is 1.95 bits per heavy atom. The summed E-state index contributed by atoms with van der Waals surface area (Å²) in [5.41, 5.74) is 0. The Morgan fingerprint density at radius 1 is 0.682 bits per heavy atom. The number of unbranched alkanes of at least 4 members (excludes halogenated alkanes) is 4. The van der Waals surface area contributed by atoms with Crippen molar-refractivity contribution in [3.8, 4) is 0 Å². The van der Waals surface area contributed by atoms with Crippen molar-refractivity contribution in [2.45, 2.75) is 122 Å². The first kappa shape index (κ1) is 20.0. The highest BCUT2D eigenvalue weighted by molar-refractivity contribution is 4.59. The van der Waals surface area contributed by atoms with Crippen molar-refractivity contribution < 1.29 is 9.78 Å². The SMILES string of the molecule is CCCCCCCC1CCCCCCCCCCCCOO1. The third-order valence-electron chi connectivity index (χ3n) is 4.84. The van der Waals surface area contributed by atoms with Gasteiger partial charge in [0.2, 0.25) is 0 Å². The number of hydrogen-bond acceptors (Lipinski definition) is 2. The second-order valence-electron chi connectivity index (χ2n) is 7.07. The summed E-state index contributed by atoms with van der Waals surface area (Å²) in [4.78, 5) is 11.2. The van der Waals surface area contributed by atoms with Gasteiger partial charge in [-0.15, -0.1) is 0 Å². The summed E-state index contributed by atoms with van der Waals surface area (Å²) in [7, 11) is 0. The molecule has 2 heteroatoms. The van der Waals surface area contributed by atoms with Crippen LogP contribution in [0.15, 0.2) is 0 Å². The van der Waals surface area contributed by atoms with Gasteiger partial charge in [0.25, 0.3) is 0 Å². The van der Waals surface area contributed by atoms with Crippen LogP contribution in [-0.4, -0.2) is 12.7 Å². The van der Waals surface area contributed by atoms with E-state index in [0.717, 1.165) is 13.0 Å². The first-order valence-corrected chi connectivity index (χ1v) is 10.2. The molecule has 0 bridgehead atoms. The van der Waals surface area contributed by atoms with Gasteiger partial charge in [0.05, 0.1) is 12.7 Å². The fourth-order valence-corrected chi connectivity index (χ4v) is 3.31. The zero-order valence-corrected chi connectivity index (χ0v) is 15.1. The molecular formula is C20H40O2. The summed E-state index contributed by atoms with van der Waals surface area (Å²) in [5, 5.41) is 0. The molecule has 1 aliphatic heterocycles. The molecule has 2 nitrogen and oxygen atoms in total. The largest absolute Gasteiger partial charge is 0.236 e. The average Bonchev–Trinajstić information content (AvgIpc) is 2.54. The highest BCUT2D eigenvalue weighted by Gasteiger charge is 2.10. The van der Waals surface area contributed by atoms with Crippen molar-refractivity contribution in [1.29, 1.82) is 0 Å². The average molecular weight is 313 g/mol. The van der Waals surface area contributed by atoms with E-state index in [0.29, 0.717) is 6.10 Å². The maximum absolute atomic E-state index is 5.72. The van der Waals surface area contributed by atoms with Crippen LogP contribution in [0.5, 0.6) is 0 Å². The summed E-state index contributed by atoms with van der Waals surface area (Å²) >= 11 is 0. The summed E-state index contributed by atoms with van der Waals surface area (Å²) < 4.78 is 0. The molecule has 132 valence electrons. The third kappa shape index (κ3) is 12.5. The zero-order valence-electron chi connectivity index (χ0n) is 15.1. The van der Waals surface area contributed by atoms with E-state index in [1.54, 1.807) is 0 Å². The van der Waals surface area contributed by atoms with E-state index in [1.807, 2.05) is 0 Å². The van der Waals surface area contributed by atoms with Crippen molar-refractivity contribution in [3.05, 3.63) is 0 Å². The van der Waals surface area contributed by atoms with Gasteiger partial charge in [-0.3, -0.25) is 0 Å². The van der Waals surface area contributed by atoms with Crippen LogP contribution in [0.2, 0.25) is 0 Å². The summed E-state index contributed by atoms with van der Waals surface area (Å²) in [6, 6.07) is 0. The quantitative estimate of drug-likeness (QED) is 0.389. The Balaban J connectivity index is 2.18. The van der Waals surface area contributed by atoms with Crippen LogP contribution in [0.1, 0.15) is 116 Å². The van der Waals surface area contributed by atoms with Gasteiger partial charge in [-0.25, -0.2) is 9.78 Å². The monoisotopic (exact) mass is 312 g/mol. The highest BCUT2D eigenvalue weighted by Crippen LogP contribution is 2.18. The van der Waals surface area contributed by atoms with Crippen LogP contribution in [0.3, 0.4) is 0 Å². The second-order valence-corrected chi connectivity index (χ2v) is 7.07. The maximum atomic E-state index is 5.72. The molecule has 0 saturated carbocycles. The van der Waals surface area contributed by atoms with Gasteiger partial charge in [-0.05, 0) is 19.3 Å². The predicted octanol–water partition coefficient (Wildman–Crippen LogP) is 6.97. The summed E-state index contributed by atoms with van der Waals surface area (Å²) in [6.45, 7) is 3.06. The van der Waals surface area contributed by atoms with Gasteiger partial charge in [-0.2, -0.15) is 0 Å². The predicted molar refractivity (Wildman–Crippen MR) is 95.0 cm³/mol. The Hall–Kier alpha value is -0.0800. The lowest BCUT2D eigenvalue weighted by atomic mass is 10.0. The molecular weight excluding hydrogens is 272 g/mol. The van der Waals surface area contributed by atoms with Crippen molar-refractivity contribution in [3.63, 3.8) is 0 Å². The van der Waals surface area contributed by atoms with Gasteiger partial charge in [-0.1, -0.05) is 96.8 Å². The van der Waals surface area contributed by atoms with Crippen molar-refractivity contribution in [1.82, 2.24) is 0 Å². The Bertz CT molecular complexity index is 202. The molecule has 1 atom stereocenters. The molecule has 1 fully saturated rings. The molecule has 1 saturated heterocycles. The lowest BCUT2D eigenvalue weighted by molar-refractivity contribution is -0.327. The Labute approximate surface area is 139 Å². The minimum absolute atomic E-state index is 0.340. The van der Waals surface area contributed by atoms with Crippen molar-refractivity contribution in [2.75, 3.05) is 6.61 Å². The fraction of sp³-hybridized carbons (Fsp3) is 1.00. The second kappa shape index (κ2) is 15.8. The standard InChI is InChI=1S/C20H40O2/c1-2-3-4-11-14-17-20-18-15-12-9-7-5-6-8-10-13-16-19-21-22-20/h20H,2-19H2,1H3. The molecule has 0 radical (unpaired) electrons. The van der Waals surface area contributed by atoms with Crippen LogP contribution in [0, 0.1) is 0 Å². The van der Waals surface area contributed by atoms with Crippen LogP contribution in [-0.2, 0) is 9.78 Å². The molecule has 0 aromatic heterocycles. The molecule has 0 spiro atoms. The maximum Gasteiger partial charge on any atom is 0.0930 e. The molecule has 22 heavy (non-hydrogen) atoms. The minimum Gasteiger partial charge on any atom is -0.236 e. The fourth-order valence-electron chi connectivity index (χ4n) is 3.31. The molecule has 0 aromatic rings. The molecule has 1 rings (SSSR count). The van der Waals surface area contributed by atoms with Gasteiger partial charge in [0, 0.05) is 0 Å². The van der Waals surface area contributed by atoms with Gasteiger partial charge >= 0.3 is 0 Å². The van der Waals surface area contributed by atoms with Crippen LogP contribution in [0.25, 0.3) is 0 Å². The van der Waals surface area contributed by atoms with Crippen molar-refractivity contribution >= 4 is 0 Å².